The lowest BCUT2D eigenvalue weighted by molar-refractivity contribution is -0.577. The number of hydrogen-bond donors (Lipinski definition) is 0. The average Bonchev–Trinajstić information content (AvgIpc) is 3.01. The van der Waals surface area contributed by atoms with Gasteiger partial charge in [-0.15, -0.1) is 0 Å². The molecule has 8 atom stereocenters. The van der Waals surface area contributed by atoms with E-state index in [1.807, 2.05) is 38.1 Å². The minimum atomic E-state index is -0.774. The van der Waals surface area contributed by atoms with Crippen molar-refractivity contribution in [3.05, 3.63) is 35.4 Å². The van der Waals surface area contributed by atoms with Gasteiger partial charge in [-0.3, -0.25) is 4.79 Å². The van der Waals surface area contributed by atoms with Crippen molar-refractivity contribution in [3.63, 3.8) is 0 Å². The Morgan fingerprint density at radius 3 is 2.61 bits per heavy atom. The van der Waals surface area contributed by atoms with Gasteiger partial charge in [0, 0.05) is 30.2 Å². The molecule has 0 radical (unpaired) electrons. The Morgan fingerprint density at radius 1 is 1.10 bits per heavy atom. The summed E-state index contributed by atoms with van der Waals surface area (Å²) in [6, 6.07) is 7.66. The molecule has 4 saturated heterocycles. The second kappa shape index (κ2) is 7.92. The van der Waals surface area contributed by atoms with Crippen LogP contribution in [0.1, 0.15) is 75.7 Å². The van der Waals surface area contributed by atoms with Gasteiger partial charge in [0.2, 0.25) is 5.79 Å². The van der Waals surface area contributed by atoms with Crippen LogP contribution < -0.4 is 0 Å². The molecular weight excluding hydrogens is 396 g/mol. The molecule has 2 bridgehead atoms. The highest BCUT2D eigenvalue weighted by atomic mass is 17.3. The molecule has 1 saturated carbocycles. The van der Waals surface area contributed by atoms with Crippen LogP contribution in [-0.4, -0.2) is 29.8 Å². The number of carbonyl (C=O) groups is 1. The van der Waals surface area contributed by atoms with E-state index in [0.717, 1.165) is 30.4 Å². The summed E-state index contributed by atoms with van der Waals surface area (Å²) in [4.78, 5) is 23.9. The normalized spacial score (nSPS) is 43.9. The number of rotatable bonds is 5. The number of Topliss-reactive ketones (excluding diaryl/α,β-unsaturated/α-hetero) is 1. The highest BCUT2D eigenvalue weighted by Crippen LogP contribution is 2.60. The van der Waals surface area contributed by atoms with Gasteiger partial charge in [-0.1, -0.05) is 45.0 Å². The second-order valence-corrected chi connectivity index (χ2v) is 10.1. The monoisotopic (exact) mass is 430 g/mol. The molecule has 31 heavy (non-hydrogen) atoms. The first-order valence-corrected chi connectivity index (χ1v) is 11.8. The lowest BCUT2D eigenvalue weighted by atomic mass is 9.58. The van der Waals surface area contributed by atoms with E-state index in [-0.39, 0.29) is 23.9 Å². The third kappa shape index (κ3) is 3.47. The zero-order valence-corrected chi connectivity index (χ0v) is 19.0. The van der Waals surface area contributed by atoms with E-state index in [4.69, 9.17) is 24.0 Å². The maximum absolute atomic E-state index is 11.9. The van der Waals surface area contributed by atoms with Crippen molar-refractivity contribution < 1.29 is 28.8 Å². The Kier molecular flexibility index (Phi) is 5.50. The molecule has 5 fully saturated rings. The molecule has 0 aromatic heterocycles. The number of benzene rings is 1. The summed E-state index contributed by atoms with van der Waals surface area (Å²) < 4.78 is 19.1. The summed E-state index contributed by atoms with van der Waals surface area (Å²) in [6.45, 7) is 8.75. The molecule has 0 amide bonds. The molecule has 0 N–H and O–H groups in total. The molecule has 4 aliphatic heterocycles. The molecule has 1 spiro atoms. The zero-order valence-electron chi connectivity index (χ0n) is 19.0. The minimum absolute atomic E-state index is 0.152. The Morgan fingerprint density at radius 2 is 1.87 bits per heavy atom. The van der Waals surface area contributed by atoms with Crippen molar-refractivity contribution in [2.45, 2.75) is 90.4 Å². The van der Waals surface area contributed by atoms with E-state index < -0.39 is 17.7 Å². The van der Waals surface area contributed by atoms with Gasteiger partial charge < -0.3 is 14.2 Å². The van der Waals surface area contributed by atoms with Crippen LogP contribution in [-0.2, 0) is 30.6 Å². The smallest absolute Gasteiger partial charge is 0.201 e. The largest absolute Gasteiger partial charge is 0.348 e. The maximum Gasteiger partial charge on any atom is 0.201 e. The molecule has 1 aromatic carbocycles. The SMILES string of the molecule is CCC(=O)c1ccc(COC2O[C@@H]3O[C@]4(C)CC[C@H]5[C@H](C)CC[C@@H]([C@H]2C)[C@@]35OO4)cc1. The van der Waals surface area contributed by atoms with Gasteiger partial charge in [0.15, 0.2) is 24.0 Å². The van der Waals surface area contributed by atoms with Crippen molar-refractivity contribution in [1.29, 1.82) is 0 Å². The first-order valence-electron chi connectivity index (χ1n) is 11.8. The Balaban J connectivity index is 1.34. The molecule has 6 rings (SSSR count). The standard InChI is InChI=1S/C25H34O6/c1-5-21(26)18-9-7-17(8-10-18)14-27-22-16(3)20-11-6-15(2)19-12-13-24(4)29-23(28-22)25(19,20)31-30-24/h7-10,15-16,19-20,22-23H,5-6,11-14H2,1-4H3/t15-,16-,19+,20+,22?,23-,24+,25-/m1/s1. The molecular formula is C25H34O6. The lowest BCUT2D eigenvalue weighted by Gasteiger charge is -2.60. The molecule has 6 nitrogen and oxygen atoms in total. The van der Waals surface area contributed by atoms with Crippen LogP contribution in [0.15, 0.2) is 24.3 Å². The second-order valence-electron chi connectivity index (χ2n) is 10.1. The van der Waals surface area contributed by atoms with Gasteiger partial charge in [0.1, 0.15) is 0 Å². The Hall–Kier alpha value is -1.31. The number of carbonyl (C=O) groups excluding carboxylic acids is 1. The van der Waals surface area contributed by atoms with Gasteiger partial charge in [-0.25, -0.2) is 9.78 Å². The van der Waals surface area contributed by atoms with E-state index in [1.165, 1.54) is 6.42 Å². The predicted octanol–water partition coefficient (Wildman–Crippen LogP) is 5.00. The fourth-order valence-corrected chi connectivity index (χ4v) is 6.23. The number of ketones is 1. The Bertz CT molecular complexity index is 824. The van der Waals surface area contributed by atoms with E-state index in [9.17, 15) is 4.79 Å². The van der Waals surface area contributed by atoms with Crippen LogP contribution in [0.5, 0.6) is 0 Å². The quantitative estimate of drug-likeness (QED) is 0.484. The first kappa shape index (κ1) is 21.5. The third-order valence-electron chi connectivity index (χ3n) is 8.11. The van der Waals surface area contributed by atoms with E-state index in [0.29, 0.717) is 24.9 Å². The molecule has 1 aromatic rings. The summed E-state index contributed by atoms with van der Waals surface area (Å²) in [5.41, 5.74) is 1.20. The number of fused-ring (bicyclic) bond motifs is 2. The fraction of sp³-hybridized carbons (Fsp3) is 0.720. The molecule has 4 heterocycles. The summed E-state index contributed by atoms with van der Waals surface area (Å²) in [7, 11) is 0. The average molecular weight is 431 g/mol. The van der Waals surface area contributed by atoms with Crippen LogP contribution in [0, 0.1) is 23.7 Å². The van der Waals surface area contributed by atoms with Crippen molar-refractivity contribution in [2.75, 3.05) is 0 Å². The molecule has 5 aliphatic rings. The summed E-state index contributed by atoms with van der Waals surface area (Å²) in [5, 5.41) is 0. The van der Waals surface area contributed by atoms with Crippen LogP contribution in [0.4, 0.5) is 0 Å². The summed E-state index contributed by atoms with van der Waals surface area (Å²) in [5.74, 6) is 0.687. The summed E-state index contributed by atoms with van der Waals surface area (Å²) >= 11 is 0. The minimum Gasteiger partial charge on any atom is -0.348 e. The van der Waals surface area contributed by atoms with Crippen molar-refractivity contribution in [3.8, 4) is 0 Å². The predicted molar refractivity (Wildman–Crippen MR) is 113 cm³/mol. The van der Waals surface area contributed by atoms with Crippen molar-refractivity contribution in [1.82, 2.24) is 0 Å². The van der Waals surface area contributed by atoms with Gasteiger partial charge in [-0.2, -0.15) is 0 Å². The van der Waals surface area contributed by atoms with Crippen LogP contribution in [0.2, 0.25) is 0 Å². The lowest BCUT2D eigenvalue weighted by Crippen LogP contribution is -2.70. The molecule has 1 unspecified atom stereocenters. The topological polar surface area (TPSA) is 63.2 Å². The van der Waals surface area contributed by atoms with Crippen molar-refractivity contribution in [2.24, 2.45) is 23.7 Å². The zero-order chi connectivity index (χ0) is 21.8. The van der Waals surface area contributed by atoms with E-state index in [2.05, 4.69) is 13.8 Å². The van der Waals surface area contributed by atoms with E-state index >= 15 is 0 Å². The van der Waals surface area contributed by atoms with Gasteiger partial charge >= 0.3 is 0 Å². The van der Waals surface area contributed by atoms with Gasteiger partial charge in [0.25, 0.3) is 0 Å². The van der Waals surface area contributed by atoms with Crippen LogP contribution in [0.3, 0.4) is 0 Å². The van der Waals surface area contributed by atoms with Crippen LogP contribution >= 0.6 is 0 Å². The fourth-order valence-electron chi connectivity index (χ4n) is 6.23. The van der Waals surface area contributed by atoms with Gasteiger partial charge in [0.05, 0.1) is 6.61 Å². The number of ether oxygens (including phenoxy) is 3. The van der Waals surface area contributed by atoms with Crippen LogP contribution in [0.25, 0.3) is 0 Å². The third-order valence-corrected chi connectivity index (χ3v) is 8.11. The van der Waals surface area contributed by atoms with Gasteiger partial charge in [-0.05, 0) is 43.6 Å². The molecule has 1 aliphatic carbocycles. The van der Waals surface area contributed by atoms with Crippen molar-refractivity contribution >= 4 is 5.78 Å². The van der Waals surface area contributed by atoms with E-state index in [1.54, 1.807) is 0 Å². The highest BCUT2D eigenvalue weighted by Gasteiger charge is 2.69. The summed E-state index contributed by atoms with van der Waals surface area (Å²) in [6.07, 6.45) is 3.70. The molecule has 170 valence electrons. The Labute approximate surface area is 184 Å². The number of hydrogen-bond acceptors (Lipinski definition) is 6. The maximum atomic E-state index is 11.9. The molecule has 6 heteroatoms. The highest BCUT2D eigenvalue weighted by molar-refractivity contribution is 5.95. The first-order chi connectivity index (χ1) is 14.9.